The molecule has 7 nitrogen and oxygen atoms in total. The van der Waals surface area contributed by atoms with E-state index in [4.69, 9.17) is 10.2 Å². The average Bonchev–Trinajstić information content (AvgIpc) is 3.34. The molecule has 0 spiro atoms. The van der Waals surface area contributed by atoms with Gasteiger partial charge in [0.25, 0.3) is 0 Å². The van der Waals surface area contributed by atoms with Crippen molar-refractivity contribution in [3.8, 4) is 39.5 Å². The molecule has 0 aliphatic heterocycles. The molecule has 5 rings (SSSR count). The molecular formula is C27H21N5O2. The lowest BCUT2D eigenvalue weighted by molar-refractivity contribution is -0.134. The largest absolute Gasteiger partial charge is 0.480 e. The van der Waals surface area contributed by atoms with Crippen LogP contribution in [0.2, 0.25) is 0 Å². The predicted octanol–water partition coefficient (Wildman–Crippen LogP) is 5.16. The Hall–Kier alpha value is -4.78. The molecule has 2 N–H and O–H groups in total. The van der Waals surface area contributed by atoms with Gasteiger partial charge in [0.15, 0.2) is 0 Å². The Labute approximate surface area is 196 Å². The molecule has 5 aromatic rings. The Morgan fingerprint density at radius 3 is 2.03 bits per heavy atom. The maximum Gasteiger partial charge on any atom is 0.322 e. The molecule has 0 radical (unpaired) electrons. The normalized spacial score (nSPS) is 10.7. The highest BCUT2D eigenvalue weighted by Gasteiger charge is 2.18. The van der Waals surface area contributed by atoms with E-state index in [9.17, 15) is 4.79 Å². The van der Waals surface area contributed by atoms with E-state index in [0.717, 1.165) is 28.1 Å². The fourth-order valence-corrected chi connectivity index (χ4v) is 3.71. The fraction of sp³-hybridized carbons (Fsp3) is 0.0370. The van der Waals surface area contributed by atoms with E-state index in [1.54, 1.807) is 6.20 Å². The van der Waals surface area contributed by atoms with Crippen molar-refractivity contribution in [1.29, 1.82) is 0 Å². The molecule has 2 aromatic heterocycles. The van der Waals surface area contributed by atoms with Crippen LogP contribution >= 0.6 is 0 Å². The van der Waals surface area contributed by atoms with Crippen molar-refractivity contribution in [1.82, 2.24) is 19.7 Å². The van der Waals surface area contributed by atoms with E-state index >= 15 is 0 Å². The minimum atomic E-state index is -0.986. The van der Waals surface area contributed by atoms with Crippen molar-refractivity contribution < 1.29 is 9.90 Å². The van der Waals surface area contributed by atoms with Crippen molar-refractivity contribution >= 4 is 11.9 Å². The summed E-state index contributed by atoms with van der Waals surface area (Å²) in [5, 5.41) is 16.7. The molecule has 0 fully saturated rings. The topological polar surface area (TPSA) is 92.9 Å². The van der Waals surface area contributed by atoms with Gasteiger partial charge in [-0.2, -0.15) is 5.10 Å². The lowest BCUT2D eigenvalue weighted by Gasteiger charge is -2.13. The Kier molecular flexibility index (Phi) is 5.82. The van der Waals surface area contributed by atoms with Crippen molar-refractivity contribution in [3.05, 3.63) is 103 Å². The van der Waals surface area contributed by atoms with Gasteiger partial charge in [-0.15, -0.1) is 0 Å². The number of anilines is 1. The highest BCUT2D eigenvalue weighted by Crippen LogP contribution is 2.32. The monoisotopic (exact) mass is 447 g/mol. The van der Waals surface area contributed by atoms with Gasteiger partial charge in [0.2, 0.25) is 5.95 Å². The van der Waals surface area contributed by atoms with Gasteiger partial charge in [-0.3, -0.25) is 4.79 Å². The second-order valence-electron chi connectivity index (χ2n) is 7.60. The summed E-state index contributed by atoms with van der Waals surface area (Å²) >= 11 is 0. The number of carboxylic acid groups (broad SMARTS) is 1. The van der Waals surface area contributed by atoms with E-state index in [-0.39, 0.29) is 12.5 Å². The van der Waals surface area contributed by atoms with Crippen LogP contribution < -0.4 is 5.32 Å². The van der Waals surface area contributed by atoms with Gasteiger partial charge < -0.3 is 10.4 Å². The zero-order chi connectivity index (χ0) is 23.3. The second kappa shape index (κ2) is 9.38. The molecule has 0 saturated carbocycles. The summed E-state index contributed by atoms with van der Waals surface area (Å²) < 4.78 is 1.85. The van der Waals surface area contributed by atoms with Crippen LogP contribution in [0.4, 0.5) is 5.95 Å². The van der Waals surface area contributed by atoms with Gasteiger partial charge in [0.1, 0.15) is 17.9 Å². The number of nitrogens with zero attached hydrogens (tertiary/aromatic N) is 4. The van der Waals surface area contributed by atoms with Crippen LogP contribution in [0.1, 0.15) is 0 Å². The summed E-state index contributed by atoms with van der Waals surface area (Å²) in [5.74, 6) is -0.749. The molecule has 0 amide bonds. The van der Waals surface area contributed by atoms with Crippen LogP contribution in [0.5, 0.6) is 0 Å². The number of nitrogens with one attached hydrogen (secondary N) is 1. The van der Waals surface area contributed by atoms with Gasteiger partial charge in [0.05, 0.1) is 17.6 Å². The third kappa shape index (κ3) is 4.40. The molecule has 0 bridgehead atoms. The van der Waals surface area contributed by atoms with E-state index in [0.29, 0.717) is 11.4 Å². The first-order valence-corrected chi connectivity index (χ1v) is 10.8. The molecule has 0 atom stereocenters. The van der Waals surface area contributed by atoms with Crippen molar-refractivity contribution in [3.63, 3.8) is 0 Å². The van der Waals surface area contributed by atoms with E-state index < -0.39 is 5.97 Å². The Morgan fingerprint density at radius 2 is 1.41 bits per heavy atom. The summed E-state index contributed by atoms with van der Waals surface area (Å²) in [6, 6.07) is 31.8. The van der Waals surface area contributed by atoms with Crippen LogP contribution in [0.25, 0.3) is 39.5 Å². The van der Waals surface area contributed by atoms with Crippen LogP contribution in [0, 0.1) is 0 Å². The van der Waals surface area contributed by atoms with E-state index in [1.165, 1.54) is 0 Å². The second-order valence-corrected chi connectivity index (χ2v) is 7.60. The van der Waals surface area contributed by atoms with Crippen LogP contribution in [-0.4, -0.2) is 37.4 Å². The standard InChI is InChI=1S/C27H21N5O2/c33-25(34)18-29-27-28-17-24(26(30-27)21-14-8-3-9-15-21)32-23(20-12-6-2-7-13-20)16-22(31-32)19-10-4-1-5-11-19/h1-17H,18H2,(H,33,34)(H,28,29,30). The van der Waals surface area contributed by atoms with Crippen LogP contribution in [0.15, 0.2) is 103 Å². The first-order chi connectivity index (χ1) is 16.7. The SMILES string of the molecule is O=C(O)CNc1ncc(-n2nc(-c3ccccc3)cc2-c2ccccc2)c(-c2ccccc2)n1. The Balaban J connectivity index is 1.71. The van der Waals surface area contributed by atoms with Gasteiger partial charge in [-0.1, -0.05) is 91.0 Å². The van der Waals surface area contributed by atoms with E-state index in [2.05, 4.69) is 21.4 Å². The highest BCUT2D eigenvalue weighted by atomic mass is 16.4. The Bertz CT molecular complexity index is 1420. The molecule has 0 saturated heterocycles. The molecule has 0 aliphatic carbocycles. The van der Waals surface area contributed by atoms with Crippen molar-refractivity contribution in [2.24, 2.45) is 0 Å². The predicted molar refractivity (Wildman–Crippen MR) is 132 cm³/mol. The zero-order valence-corrected chi connectivity index (χ0v) is 18.2. The summed E-state index contributed by atoms with van der Waals surface area (Å²) in [6.07, 6.45) is 1.67. The lowest BCUT2D eigenvalue weighted by atomic mass is 10.1. The number of benzene rings is 3. The maximum atomic E-state index is 11.0. The summed E-state index contributed by atoms with van der Waals surface area (Å²) in [5.41, 5.74) is 5.92. The number of aromatic nitrogens is 4. The molecule has 34 heavy (non-hydrogen) atoms. The third-order valence-electron chi connectivity index (χ3n) is 5.29. The van der Waals surface area contributed by atoms with Crippen LogP contribution in [-0.2, 0) is 4.79 Å². The molecule has 3 aromatic carbocycles. The number of carboxylic acids is 1. The van der Waals surface area contributed by atoms with Crippen LogP contribution in [0.3, 0.4) is 0 Å². The smallest absolute Gasteiger partial charge is 0.322 e. The molecule has 7 heteroatoms. The Morgan fingerprint density at radius 1 is 0.824 bits per heavy atom. The first-order valence-electron chi connectivity index (χ1n) is 10.8. The minimum Gasteiger partial charge on any atom is -0.480 e. The molecule has 0 aliphatic rings. The summed E-state index contributed by atoms with van der Waals surface area (Å²) in [7, 11) is 0. The molecular weight excluding hydrogens is 426 g/mol. The molecule has 0 unspecified atom stereocenters. The number of hydrogen-bond donors (Lipinski definition) is 2. The lowest BCUT2D eigenvalue weighted by Crippen LogP contribution is -2.15. The third-order valence-corrected chi connectivity index (χ3v) is 5.29. The average molecular weight is 447 g/mol. The van der Waals surface area contributed by atoms with Gasteiger partial charge in [-0.05, 0) is 6.07 Å². The van der Waals surface area contributed by atoms with Crippen molar-refractivity contribution in [2.75, 3.05) is 11.9 Å². The van der Waals surface area contributed by atoms with Gasteiger partial charge in [-0.25, -0.2) is 14.6 Å². The van der Waals surface area contributed by atoms with E-state index in [1.807, 2.05) is 95.7 Å². The molecule has 2 heterocycles. The number of carbonyl (C=O) groups is 1. The number of hydrogen-bond acceptors (Lipinski definition) is 5. The zero-order valence-electron chi connectivity index (χ0n) is 18.2. The van der Waals surface area contributed by atoms with Gasteiger partial charge >= 0.3 is 5.97 Å². The fourth-order valence-electron chi connectivity index (χ4n) is 3.71. The number of rotatable bonds is 7. The highest BCUT2D eigenvalue weighted by molar-refractivity contribution is 5.76. The molecule has 166 valence electrons. The summed E-state index contributed by atoms with van der Waals surface area (Å²) in [4.78, 5) is 20.1. The maximum absolute atomic E-state index is 11.0. The quantitative estimate of drug-likeness (QED) is 0.358. The van der Waals surface area contributed by atoms with Gasteiger partial charge in [0, 0.05) is 16.7 Å². The first kappa shape index (κ1) is 21.1. The van der Waals surface area contributed by atoms with Crippen molar-refractivity contribution in [2.45, 2.75) is 0 Å². The minimum absolute atomic E-state index is 0.238. The number of aliphatic carboxylic acids is 1. The summed E-state index contributed by atoms with van der Waals surface area (Å²) in [6.45, 7) is -0.275.